The predicted octanol–water partition coefficient (Wildman–Crippen LogP) is -0.429. The molecule has 0 aliphatic heterocycles. The second-order valence-electron chi connectivity index (χ2n) is 2.86. The molecule has 0 saturated heterocycles. The van der Waals surface area contributed by atoms with Crippen molar-refractivity contribution >= 4 is 11.8 Å². The second-order valence-corrected chi connectivity index (χ2v) is 2.86. The maximum Gasteiger partial charge on any atom is 0.323 e. The van der Waals surface area contributed by atoms with Crippen LogP contribution in [0.1, 0.15) is 5.56 Å². The van der Waals surface area contributed by atoms with Gasteiger partial charge in [0, 0.05) is 12.1 Å². The van der Waals surface area contributed by atoms with Crippen LogP contribution in [0.4, 0.5) is 8.78 Å². The van der Waals surface area contributed by atoms with Crippen molar-refractivity contribution in [3.05, 3.63) is 35.4 Å². The van der Waals surface area contributed by atoms with Crippen molar-refractivity contribution in [2.75, 3.05) is 0 Å². The summed E-state index contributed by atoms with van der Waals surface area (Å²) in [4.78, 5) is 21.6. The number of carbonyl (C=O) groups is 2. The summed E-state index contributed by atoms with van der Waals surface area (Å²) in [6, 6.07) is 3.30. The summed E-state index contributed by atoms with van der Waals surface area (Å²) < 4.78 is 26.1. The van der Waals surface area contributed by atoms with Crippen LogP contribution in [0.3, 0.4) is 0 Å². The smallest absolute Gasteiger partial charge is 0.323 e. The highest BCUT2D eigenvalue weighted by atomic mass is 19.1. The average Bonchev–Trinajstić information content (AvgIpc) is 2.27. The highest BCUT2D eigenvalue weighted by Crippen LogP contribution is 2.11. The Hall–Kier alpha value is -2.02. The molecule has 2 amide bonds. The van der Waals surface area contributed by atoms with Gasteiger partial charge in [-0.25, -0.2) is 14.6 Å². The molecular weight excluding hydrogens is 220 g/mol. The summed E-state index contributed by atoms with van der Waals surface area (Å²) in [5.41, 5.74) is 1.27. The van der Waals surface area contributed by atoms with Crippen LogP contribution in [-0.4, -0.2) is 11.8 Å². The van der Waals surface area contributed by atoms with E-state index in [-0.39, 0.29) is 5.56 Å². The van der Waals surface area contributed by atoms with E-state index >= 15 is 0 Å². The van der Waals surface area contributed by atoms with Gasteiger partial charge in [0.1, 0.15) is 11.6 Å². The number of nitrogens with two attached hydrogens (primary N) is 1. The molecule has 0 radical (unpaired) electrons. The topological polar surface area (TPSA) is 84.2 Å². The number of benzene rings is 1. The maximum absolute atomic E-state index is 13.1. The van der Waals surface area contributed by atoms with Crippen LogP contribution >= 0.6 is 0 Å². The van der Waals surface area contributed by atoms with Gasteiger partial charge in [0.2, 0.25) is 0 Å². The number of carbonyl (C=O) groups excluding carboxylic acids is 2. The molecular formula is C9H9F2N3O2. The zero-order valence-corrected chi connectivity index (χ0v) is 8.09. The molecule has 0 fully saturated rings. The molecule has 0 unspecified atom stereocenters. The lowest BCUT2D eigenvalue weighted by Crippen LogP contribution is -2.43. The zero-order valence-electron chi connectivity index (χ0n) is 8.09. The summed E-state index contributed by atoms with van der Waals surface area (Å²) in [6.45, 7) is -0.426. The fourth-order valence-electron chi connectivity index (χ4n) is 1.02. The third kappa shape index (κ3) is 2.74. The normalized spacial score (nSPS) is 9.69. The van der Waals surface area contributed by atoms with Crippen molar-refractivity contribution < 1.29 is 18.4 Å². The molecule has 1 rings (SSSR count). The second kappa shape index (κ2) is 5.17. The van der Waals surface area contributed by atoms with Crippen molar-refractivity contribution in [3.8, 4) is 0 Å². The lowest BCUT2D eigenvalue weighted by atomic mass is 10.2. The maximum atomic E-state index is 13.1. The Labute approximate surface area is 89.6 Å². The zero-order chi connectivity index (χ0) is 12.1. The molecule has 86 valence electrons. The van der Waals surface area contributed by atoms with Crippen molar-refractivity contribution in [2.45, 2.75) is 6.54 Å². The number of nitrogens with one attached hydrogen (secondary N) is 2. The van der Waals surface area contributed by atoms with E-state index in [0.29, 0.717) is 0 Å². The molecule has 0 atom stereocenters. The van der Waals surface area contributed by atoms with Crippen LogP contribution in [0.15, 0.2) is 18.2 Å². The quantitative estimate of drug-likeness (QED) is 0.278. The summed E-state index contributed by atoms with van der Waals surface area (Å²) in [6.07, 6.45) is 0. The number of halogens is 2. The Balaban J connectivity index is 2.68. The van der Waals surface area contributed by atoms with Gasteiger partial charge in [-0.1, -0.05) is 6.07 Å². The van der Waals surface area contributed by atoms with Crippen LogP contribution in [0.2, 0.25) is 0 Å². The van der Waals surface area contributed by atoms with E-state index in [0.717, 1.165) is 12.1 Å². The minimum Gasteiger partial charge on any atom is -0.343 e. The van der Waals surface area contributed by atoms with Crippen molar-refractivity contribution in [1.82, 2.24) is 10.7 Å². The Kier molecular flexibility index (Phi) is 3.90. The molecule has 7 heteroatoms. The summed E-state index contributed by atoms with van der Waals surface area (Å²) >= 11 is 0. The first-order valence-corrected chi connectivity index (χ1v) is 4.28. The van der Waals surface area contributed by atoms with E-state index in [2.05, 4.69) is 0 Å². The van der Waals surface area contributed by atoms with E-state index < -0.39 is 30.0 Å². The van der Waals surface area contributed by atoms with Gasteiger partial charge in [-0.3, -0.25) is 15.0 Å². The molecule has 0 bridgehead atoms. The third-order valence-corrected chi connectivity index (χ3v) is 1.82. The van der Waals surface area contributed by atoms with Crippen LogP contribution < -0.4 is 16.6 Å². The third-order valence-electron chi connectivity index (χ3n) is 1.82. The summed E-state index contributed by atoms with van der Waals surface area (Å²) in [5, 5.41) is 2.02. The van der Waals surface area contributed by atoms with Gasteiger partial charge >= 0.3 is 11.8 Å². The van der Waals surface area contributed by atoms with Crippen LogP contribution in [-0.2, 0) is 16.1 Å². The van der Waals surface area contributed by atoms with Gasteiger partial charge < -0.3 is 5.32 Å². The first-order chi connectivity index (χ1) is 7.56. The SMILES string of the molecule is NNC(=O)C(=O)NCc1c(F)cccc1F. The minimum atomic E-state index is -1.09. The van der Waals surface area contributed by atoms with Crippen LogP contribution in [0.5, 0.6) is 0 Å². The molecule has 0 aromatic heterocycles. The molecule has 1 aromatic rings. The molecule has 16 heavy (non-hydrogen) atoms. The predicted molar refractivity (Wildman–Crippen MR) is 50.5 cm³/mol. The first kappa shape index (κ1) is 12.1. The van der Waals surface area contributed by atoms with Gasteiger partial charge in [0.15, 0.2) is 0 Å². The lowest BCUT2D eigenvalue weighted by molar-refractivity contribution is -0.139. The summed E-state index contributed by atoms with van der Waals surface area (Å²) in [7, 11) is 0. The number of rotatable bonds is 2. The Bertz CT molecular complexity index is 403. The minimum absolute atomic E-state index is 0.319. The molecule has 0 spiro atoms. The largest absolute Gasteiger partial charge is 0.343 e. The standard InChI is InChI=1S/C9H9F2N3O2/c10-6-2-1-3-7(11)5(6)4-13-8(15)9(16)14-12/h1-3H,4,12H2,(H,13,15)(H,14,16). The first-order valence-electron chi connectivity index (χ1n) is 4.28. The molecule has 1 aromatic carbocycles. The fraction of sp³-hybridized carbons (Fsp3) is 0.111. The molecule has 0 aliphatic carbocycles. The highest BCUT2D eigenvalue weighted by molar-refractivity contribution is 6.34. The van der Waals surface area contributed by atoms with E-state index in [1.807, 2.05) is 5.32 Å². The number of hydrazine groups is 1. The van der Waals surface area contributed by atoms with Crippen molar-refractivity contribution in [2.24, 2.45) is 5.84 Å². The Morgan fingerprint density at radius 3 is 2.25 bits per heavy atom. The average molecular weight is 229 g/mol. The van der Waals surface area contributed by atoms with Crippen LogP contribution in [0.25, 0.3) is 0 Å². The Morgan fingerprint density at radius 2 is 1.75 bits per heavy atom. The van der Waals surface area contributed by atoms with E-state index in [1.54, 1.807) is 5.43 Å². The molecule has 0 saturated carbocycles. The van der Waals surface area contributed by atoms with E-state index in [9.17, 15) is 18.4 Å². The van der Waals surface area contributed by atoms with E-state index in [4.69, 9.17) is 5.84 Å². The van der Waals surface area contributed by atoms with Gasteiger partial charge in [-0.05, 0) is 12.1 Å². The van der Waals surface area contributed by atoms with Gasteiger partial charge in [-0.2, -0.15) is 0 Å². The fourth-order valence-corrected chi connectivity index (χ4v) is 1.02. The van der Waals surface area contributed by atoms with Gasteiger partial charge in [-0.15, -0.1) is 0 Å². The van der Waals surface area contributed by atoms with Crippen molar-refractivity contribution in [3.63, 3.8) is 0 Å². The number of hydrogen-bond acceptors (Lipinski definition) is 3. The van der Waals surface area contributed by atoms with E-state index in [1.165, 1.54) is 6.07 Å². The van der Waals surface area contributed by atoms with Crippen LogP contribution in [0, 0.1) is 11.6 Å². The van der Waals surface area contributed by atoms with Gasteiger partial charge in [0.25, 0.3) is 0 Å². The molecule has 0 aliphatic rings. The van der Waals surface area contributed by atoms with Crippen molar-refractivity contribution in [1.29, 1.82) is 0 Å². The molecule has 4 N–H and O–H groups in total. The molecule has 0 heterocycles. The number of amides is 2. The highest BCUT2D eigenvalue weighted by Gasteiger charge is 2.14. The Morgan fingerprint density at radius 1 is 1.19 bits per heavy atom. The van der Waals surface area contributed by atoms with Gasteiger partial charge in [0.05, 0.1) is 0 Å². The summed E-state index contributed by atoms with van der Waals surface area (Å²) in [5.74, 6) is 0.947. The lowest BCUT2D eigenvalue weighted by Gasteiger charge is -2.06. The molecule has 5 nitrogen and oxygen atoms in total. The monoisotopic (exact) mass is 229 g/mol. The number of hydrogen-bond donors (Lipinski definition) is 3.